The van der Waals surface area contributed by atoms with Gasteiger partial charge in [-0.3, -0.25) is 9.59 Å². The summed E-state index contributed by atoms with van der Waals surface area (Å²) in [5.74, 6) is 1.24. The van der Waals surface area contributed by atoms with Crippen LogP contribution in [0.4, 0.5) is 5.69 Å². The second-order valence-corrected chi connectivity index (χ2v) is 9.82. The van der Waals surface area contributed by atoms with Gasteiger partial charge in [-0.25, -0.2) is 0 Å². The van der Waals surface area contributed by atoms with Crippen molar-refractivity contribution in [2.75, 3.05) is 39.9 Å². The maximum Gasteiger partial charge on any atom is 0.308 e. The standard InChI is InChI=1S/C30H32BrNO8/c1-6-39-27(33)16-26-30(34)32(17-18-10-12-20(35-2)15-25(18)37-4)23-13-11-19(31)14-22(23)28(40-26)21-8-7-9-24(36-3)29(21)38-5/h7-15,26,28H,6,16-17H2,1-5H3/t26-,28-/m0/s1. The topological polar surface area (TPSA) is 92.8 Å². The molecule has 1 amide bonds. The van der Waals surface area contributed by atoms with Gasteiger partial charge in [0.05, 0.1) is 53.7 Å². The molecule has 0 saturated carbocycles. The molecule has 2 atom stereocenters. The van der Waals surface area contributed by atoms with Crippen LogP contribution in [-0.2, 0) is 25.6 Å². The number of rotatable bonds is 10. The van der Waals surface area contributed by atoms with Crippen LogP contribution in [-0.4, -0.2) is 53.0 Å². The van der Waals surface area contributed by atoms with Crippen molar-refractivity contribution in [1.82, 2.24) is 0 Å². The summed E-state index contributed by atoms with van der Waals surface area (Å²) in [6.07, 6.45) is -2.18. The molecule has 0 saturated heterocycles. The number of methoxy groups -OCH3 is 4. The Labute approximate surface area is 242 Å². The zero-order chi connectivity index (χ0) is 28.8. The molecule has 0 radical (unpaired) electrons. The minimum atomic E-state index is -1.14. The van der Waals surface area contributed by atoms with Gasteiger partial charge in [0.25, 0.3) is 5.91 Å². The van der Waals surface area contributed by atoms with E-state index < -0.39 is 18.2 Å². The molecule has 4 rings (SSSR count). The Bertz CT molecular complexity index is 1380. The van der Waals surface area contributed by atoms with E-state index >= 15 is 0 Å². The zero-order valence-electron chi connectivity index (χ0n) is 23.1. The SMILES string of the molecule is CCOC(=O)C[C@@H]1O[C@@H](c2cccc(OC)c2OC)c2cc(Br)ccc2N(Cc2ccc(OC)cc2OC)C1=O. The highest BCUT2D eigenvalue weighted by atomic mass is 79.9. The smallest absolute Gasteiger partial charge is 0.308 e. The van der Waals surface area contributed by atoms with E-state index in [9.17, 15) is 9.59 Å². The summed E-state index contributed by atoms with van der Waals surface area (Å²) in [5, 5.41) is 0. The molecule has 3 aromatic rings. The van der Waals surface area contributed by atoms with Crippen LogP contribution in [0.25, 0.3) is 0 Å². The Kier molecular flexibility index (Phi) is 9.54. The first-order chi connectivity index (χ1) is 19.3. The van der Waals surface area contributed by atoms with Crippen LogP contribution in [0.1, 0.15) is 36.1 Å². The van der Waals surface area contributed by atoms with Crippen LogP contribution in [0, 0.1) is 0 Å². The monoisotopic (exact) mass is 613 g/mol. The number of nitrogens with zero attached hydrogens (tertiary/aromatic N) is 1. The minimum Gasteiger partial charge on any atom is -0.497 e. The summed E-state index contributed by atoms with van der Waals surface area (Å²) in [6.45, 7) is 2.06. The Balaban J connectivity index is 1.90. The molecule has 1 aliphatic heterocycles. The maximum absolute atomic E-state index is 14.2. The molecule has 0 aliphatic carbocycles. The number of halogens is 1. The fraction of sp³-hybridized carbons (Fsp3) is 0.333. The number of ether oxygens (including phenoxy) is 6. The molecular formula is C30H32BrNO8. The summed E-state index contributed by atoms with van der Waals surface area (Å²) >= 11 is 3.57. The summed E-state index contributed by atoms with van der Waals surface area (Å²) in [6, 6.07) is 16.5. The molecule has 0 N–H and O–H groups in total. The van der Waals surface area contributed by atoms with Gasteiger partial charge < -0.3 is 33.3 Å². The second kappa shape index (κ2) is 13.1. The molecule has 10 heteroatoms. The number of esters is 1. The lowest BCUT2D eigenvalue weighted by atomic mass is 9.97. The van der Waals surface area contributed by atoms with E-state index in [1.807, 2.05) is 36.4 Å². The molecule has 0 fully saturated rings. The van der Waals surface area contributed by atoms with Crippen molar-refractivity contribution in [2.24, 2.45) is 0 Å². The number of fused-ring (bicyclic) bond motifs is 1. The summed E-state index contributed by atoms with van der Waals surface area (Å²) < 4.78 is 34.7. The third-order valence-electron chi connectivity index (χ3n) is 6.60. The predicted molar refractivity (Wildman–Crippen MR) is 152 cm³/mol. The minimum absolute atomic E-state index is 0.158. The van der Waals surface area contributed by atoms with Gasteiger partial charge in [0.15, 0.2) is 11.5 Å². The fourth-order valence-electron chi connectivity index (χ4n) is 4.75. The molecule has 0 unspecified atom stereocenters. The van der Waals surface area contributed by atoms with Gasteiger partial charge in [0.2, 0.25) is 0 Å². The van der Waals surface area contributed by atoms with E-state index in [0.29, 0.717) is 39.8 Å². The van der Waals surface area contributed by atoms with Crippen molar-refractivity contribution in [3.8, 4) is 23.0 Å². The van der Waals surface area contributed by atoms with Crippen molar-refractivity contribution in [2.45, 2.75) is 32.1 Å². The van der Waals surface area contributed by atoms with Crippen LogP contribution in [0.15, 0.2) is 59.1 Å². The van der Waals surface area contributed by atoms with Crippen molar-refractivity contribution in [3.05, 3.63) is 75.8 Å². The van der Waals surface area contributed by atoms with Gasteiger partial charge in [-0.1, -0.05) is 28.1 Å². The summed E-state index contributed by atoms with van der Waals surface area (Å²) in [4.78, 5) is 28.4. The summed E-state index contributed by atoms with van der Waals surface area (Å²) in [5.41, 5.74) is 2.71. The first kappa shape index (κ1) is 29.2. The van der Waals surface area contributed by atoms with Gasteiger partial charge in [-0.2, -0.15) is 0 Å². The van der Waals surface area contributed by atoms with Crippen molar-refractivity contribution in [1.29, 1.82) is 0 Å². The number of hydrogen-bond acceptors (Lipinski definition) is 8. The highest BCUT2D eigenvalue weighted by Crippen LogP contribution is 2.45. The van der Waals surface area contributed by atoms with Crippen LogP contribution < -0.4 is 23.8 Å². The van der Waals surface area contributed by atoms with E-state index in [2.05, 4.69) is 15.9 Å². The number of anilines is 1. The number of para-hydroxylation sites is 1. The molecule has 0 aromatic heterocycles. The van der Waals surface area contributed by atoms with E-state index in [0.717, 1.165) is 10.0 Å². The molecule has 0 spiro atoms. The number of carbonyl (C=O) groups is 2. The Morgan fingerprint density at radius 1 is 0.925 bits per heavy atom. The third-order valence-corrected chi connectivity index (χ3v) is 7.09. The van der Waals surface area contributed by atoms with Crippen LogP contribution in [0.3, 0.4) is 0 Å². The lowest BCUT2D eigenvalue weighted by Gasteiger charge is -2.26. The van der Waals surface area contributed by atoms with E-state index in [1.165, 1.54) is 0 Å². The highest BCUT2D eigenvalue weighted by molar-refractivity contribution is 9.10. The molecule has 212 valence electrons. The number of hydrogen-bond donors (Lipinski definition) is 0. The Hall–Kier alpha value is -3.76. The lowest BCUT2D eigenvalue weighted by Crippen LogP contribution is -2.40. The number of amides is 1. The average Bonchev–Trinajstić information content (AvgIpc) is 3.07. The van der Waals surface area contributed by atoms with E-state index in [1.54, 1.807) is 58.5 Å². The molecule has 1 heterocycles. The summed E-state index contributed by atoms with van der Waals surface area (Å²) in [7, 11) is 6.23. The first-order valence-electron chi connectivity index (χ1n) is 12.7. The predicted octanol–water partition coefficient (Wildman–Crippen LogP) is 5.46. The molecule has 1 aliphatic rings. The average molecular weight is 614 g/mol. The van der Waals surface area contributed by atoms with E-state index in [4.69, 9.17) is 28.4 Å². The highest BCUT2D eigenvalue weighted by Gasteiger charge is 2.39. The van der Waals surface area contributed by atoms with Crippen LogP contribution >= 0.6 is 15.9 Å². The van der Waals surface area contributed by atoms with Gasteiger partial charge in [0.1, 0.15) is 23.7 Å². The number of carbonyl (C=O) groups excluding carboxylic acids is 2. The molecule has 9 nitrogen and oxygen atoms in total. The Morgan fingerprint density at radius 3 is 2.38 bits per heavy atom. The number of benzene rings is 3. The second-order valence-electron chi connectivity index (χ2n) is 8.90. The molecule has 0 bridgehead atoms. The largest absolute Gasteiger partial charge is 0.497 e. The van der Waals surface area contributed by atoms with Crippen molar-refractivity contribution in [3.63, 3.8) is 0 Å². The van der Waals surface area contributed by atoms with Crippen LogP contribution in [0.2, 0.25) is 0 Å². The lowest BCUT2D eigenvalue weighted by molar-refractivity contribution is -0.151. The maximum atomic E-state index is 14.2. The van der Waals surface area contributed by atoms with Gasteiger partial charge in [-0.15, -0.1) is 0 Å². The Morgan fingerprint density at radius 2 is 1.70 bits per heavy atom. The normalized spacial score (nSPS) is 16.6. The zero-order valence-corrected chi connectivity index (χ0v) is 24.6. The molecular weight excluding hydrogens is 582 g/mol. The van der Waals surface area contributed by atoms with Crippen molar-refractivity contribution < 1.29 is 38.0 Å². The molecule has 3 aromatic carbocycles. The fourth-order valence-corrected chi connectivity index (χ4v) is 5.13. The quantitative estimate of drug-likeness (QED) is 0.278. The van der Waals surface area contributed by atoms with Gasteiger partial charge in [0, 0.05) is 27.2 Å². The van der Waals surface area contributed by atoms with E-state index in [-0.39, 0.29) is 25.5 Å². The molecule has 40 heavy (non-hydrogen) atoms. The van der Waals surface area contributed by atoms with Crippen molar-refractivity contribution >= 4 is 33.5 Å². The van der Waals surface area contributed by atoms with Gasteiger partial charge in [-0.05, 0) is 43.3 Å². The van der Waals surface area contributed by atoms with Crippen LogP contribution in [0.5, 0.6) is 23.0 Å². The third kappa shape index (κ3) is 6.03. The van der Waals surface area contributed by atoms with Gasteiger partial charge >= 0.3 is 5.97 Å². The first-order valence-corrected chi connectivity index (χ1v) is 13.5.